The van der Waals surface area contributed by atoms with Crippen LogP contribution in [-0.4, -0.2) is 4.98 Å². The first-order chi connectivity index (χ1) is 6.75. The van der Waals surface area contributed by atoms with E-state index >= 15 is 0 Å². The fourth-order valence-electron chi connectivity index (χ4n) is 1.28. The van der Waals surface area contributed by atoms with E-state index in [0.717, 1.165) is 22.9 Å². The molecule has 0 aromatic carbocycles. The molecule has 3 heteroatoms. The minimum Gasteiger partial charge on any atom is -0.324 e. The molecule has 76 valence electrons. The summed E-state index contributed by atoms with van der Waals surface area (Å²) in [5.41, 5.74) is 7.17. The molecule has 0 radical (unpaired) electrons. The largest absolute Gasteiger partial charge is 0.324 e. The second-order valence-corrected chi connectivity index (χ2v) is 4.00. The maximum Gasteiger partial charge on any atom is 0.0413 e. The van der Waals surface area contributed by atoms with Gasteiger partial charge in [-0.1, -0.05) is 12.2 Å². The summed E-state index contributed by atoms with van der Waals surface area (Å²) in [5, 5.41) is 0. The Morgan fingerprint density at radius 3 is 3.07 bits per heavy atom. The van der Waals surface area contributed by atoms with E-state index in [2.05, 4.69) is 27.0 Å². The van der Waals surface area contributed by atoms with Crippen molar-refractivity contribution < 1.29 is 0 Å². The molecule has 1 heterocycles. The zero-order valence-corrected chi connectivity index (χ0v) is 9.87. The predicted molar refractivity (Wildman–Crippen MR) is 62.9 cm³/mol. The van der Waals surface area contributed by atoms with E-state index in [0.29, 0.717) is 0 Å². The molecule has 0 aliphatic carbocycles. The fourth-order valence-corrected chi connectivity index (χ4v) is 1.83. The van der Waals surface area contributed by atoms with Gasteiger partial charge in [-0.3, -0.25) is 4.98 Å². The summed E-state index contributed by atoms with van der Waals surface area (Å²) in [4.78, 5) is 4.01. The number of rotatable bonds is 4. The highest BCUT2D eigenvalue weighted by Gasteiger charge is 2.07. The Morgan fingerprint density at radius 1 is 1.64 bits per heavy atom. The van der Waals surface area contributed by atoms with Crippen LogP contribution in [0, 0.1) is 0 Å². The third kappa shape index (κ3) is 3.24. The van der Waals surface area contributed by atoms with Crippen LogP contribution in [0.25, 0.3) is 0 Å². The van der Waals surface area contributed by atoms with Crippen LogP contribution in [0.5, 0.6) is 0 Å². The Balaban J connectivity index is 2.60. The molecule has 2 nitrogen and oxygen atoms in total. The van der Waals surface area contributed by atoms with E-state index in [1.54, 1.807) is 12.4 Å². The van der Waals surface area contributed by atoms with E-state index in [-0.39, 0.29) is 6.04 Å². The van der Waals surface area contributed by atoms with Crippen LogP contribution in [0.3, 0.4) is 0 Å². The molecular weight excluding hydrogens is 240 g/mol. The monoisotopic (exact) mass is 254 g/mol. The third-order valence-electron chi connectivity index (χ3n) is 2.08. The number of hydrogen-bond donors (Lipinski definition) is 1. The number of nitrogens with two attached hydrogens (primary N) is 1. The van der Waals surface area contributed by atoms with Crippen LogP contribution in [0.4, 0.5) is 0 Å². The molecule has 1 rings (SSSR count). The molecule has 1 atom stereocenters. The smallest absolute Gasteiger partial charge is 0.0413 e. The Morgan fingerprint density at radius 2 is 2.43 bits per heavy atom. The maximum atomic E-state index is 6.04. The Bertz CT molecular complexity index is 310. The molecule has 0 bridgehead atoms. The Kier molecular flexibility index (Phi) is 4.84. The first-order valence-corrected chi connectivity index (χ1v) is 5.51. The van der Waals surface area contributed by atoms with Crippen LogP contribution in [-0.2, 0) is 0 Å². The normalized spacial score (nSPS) is 13.4. The highest BCUT2D eigenvalue weighted by atomic mass is 79.9. The lowest BCUT2D eigenvalue weighted by atomic mass is 10.0. The number of nitrogens with zero attached hydrogens (tertiary/aromatic N) is 1. The topological polar surface area (TPSA) is 38.9 Å². The van der Waals surface area contributed by atoms with Crippen LogP contribution in [0.1, 0.15) is 31.4 Å². The van der Waals surface area contributed by atoms with Crippen molar-refractivity contribution in [2.45, 2.75) is 25.8 Å². The van der Waals surface area contributed by atoms with E-state index in [9.17, 15) is 0 Å². The Hall–Kier alpha value is -0.670. The van der Waals surface area contributed by atoms with Crippen LogP contribution < -0.4 is 5.73 Å². The van der Waals surface area contributed by atoms with Crippen molar-refractivity contribution in [1.29, 1.82) is 0 Å². The van der Waals surface area contributed by atoms with Crippen molar-refractivity contribution in [3.63, 3.8) is 0 Å². The van der Waals surface area contributed by atoms with Crippen molar-refractivity contribution >= 4 is 15.9 Å². The summed E-state index contributed by atoms with van der Waals surface area (Å²) in [5.74, 6) is 0. The lowest BCUT2D eigenvalue weighted by Crippen LogP contribution is -2.10. The molecule has 1 unspecified atom stereocenters. The quantitative estimate of drug-likeness (QED) is 0.839. The van der Waals surface area contributed by atoms with Gasteiger partial charge in [-0.2, -0.15) is 0 Å². The lowest BCUT2D eigenvalue weighted by molar-refractivity contribution is 0.657. The van der Waals surface area contributed by atoms with Gasteiger partial charge < -0.3 is 5.73 Å². The van der Waals surface area contributed by atoms with Crippen LogP contribution in [0.15, 0.2) is 35.1 Å². The fraction of sp³-hybridized carbons (Fsp3) is 0.364. The molecule has 2 N–H and O–H groups in total. The minimum absolute atomic E-state index is 0.0866. The minimum atomic E-state index is 0.0866. The predicted octanol–water partition coefficient (Wildman–Crippen LogP) is 3.20. The molecule has 1 aromatic heterocycles. The second kappa shape index (κ2) is 5.94. The second-order valence-electron chi connectivity index (χ2n) is 3.15. The summed E-state index contributed by atoms with van der Waals surface area (Å²) >= 11 is 3.45. The van der Waals surface area contributed by atoms with Gasteiger partial charge in [0.25, 0.3) is 0 Å². The van der Waals surface area contributed by atoms with Crippen LogP contribution >= 0.6 is 15.9 Å². The standard InChI is InChI=1S/C11H15BrN2/c1-2-3-4-5-11(13)9-6-7-14-8-10(9)12/h2-3,6-8,11H,4-5,13H2,1H3. The molecule has 14 heavy (non-hydrogen) atoms. The molecule has 0 aliphatic heterocycles. The van der Waals surface area contributed by atoms with Gasteiger partial charge in [0.1, 0.15) is 0 Å². The zero-order valence-electron chi connectivity index (χ0n) is 8.28. The number of allylic oxidation sites excluding steroid dienone is 2. The number of pyridine rings is 1. The molecule has 1 aromatic rings. The van der Waals surface area contributed by atoms with Gasteiger partial charge in [0.05, 0.1) is 0 Å². The van der Waals surface area contributed by atoms with Gasteiger partial charge in [0.2, 0.25) is 0 Å². The molecule has 0 amide bonds. The highest BCUT2D eigenvalue weighted by Crippen LogP contribution is 2.23. The molecule has 0 saturated carbocycles. The van der Waals surface area contributed by atoms with E-state index in [1.807, 2.05) is 19.1 Å². The molecule has 0 saturated heterocycles. The van der Waals surface area contributed by atoms with Gasteiger partial charge >= 0.3 is 0 Å². The van der Waals surface area contributed by atoms with Crippen molar-refractivity contribution in [1.82, 2.24) is 4.98 Å². The summed E-state index contributed by atoms with van der Waals surface area (Å²) in [6.07, 6.45) is 9.73. The van der Waals surface area contributed by atoms with E-state index in [4.69, 9.17) is 5.73 Å². The number of aromatic nitrogens is 1. The highest BCUT2D eigenvalue weighted by molar-refractivity contribution is 9.10. The Labute approximate surface area is 93.4 Å². The van der Waals surface area contributed by atoms with Crippen molar-refractivity contribution in [3.05, 3.63) is 40.6 Å². The average Bonchev–Trinajstić information content (AvgIpc) is 2.18. The molecular formula is C11H15BrN2. The SMILES string of the molecule is CC=CCCC(N)c1ccncc1Br. The van der Waals surface area contributed by atoms with Gasteiger partial charge in [0.15, 0.2) is 0 Å². The molecule has 0 spiro atoms. The summed E-state index contributed by atoms with van der Waals surface area (Å²) in [7, 11) is 0. The lowest BCUT2D eigenvalue weighted by Gasteiger charge is -2.11. The van der Waals surface area contributed by atoms with Gasteiger partial charge in [0, 0.05) is 22.9 Å². The van der Waals surface area contributed by atoms with E-state index < -0.39 is 0 Å². The molecule has 0 fully saturated rings. The molecule has 0 aliphatic rings. The van der Waals surface area contributed by atoms with Crippen LogP contribution in [0.2, 0.25) is 0 Å². The first kappa shape index (κ1) is 11.4. The number of halogens is 1. The summed E-state index contributed by atoms with van der Waals surface area (Å²) in [6, 6.07) is 2.05. The first-order valence-electron chi connectivity index (χ1n) is 4.72. The van der Waals surface area contributed by atoms with Gasteiger partial charge in [-0.15, -0.1) is 0 Å². The van der Waals surface area contributed by atoms with Crippen molar-refractivity contribution in [2.24, 2.45) is 5.73 Å². The third-order valence-corrected chi connectivity index (χ3v) is 2.75. The van der Waals surface area contributed by atoms with Crippen molar-refractivity contribution in [3.8, 4) is 0 Å². The van der Waals surface area contributed by atoms with E-state index in [1.165, 1.54) is 0 Å². The van der Waals surface area contributed by atoms with Crippen molar-refractivity contribution in [2.75, 3.05) is 0 Å². The van der Waals surface area contributed by atoms with Gasteiger partial charge in [-0.25, -0.2) is 0 Å². The van der Waals surface area contributed by atoms with Gasteiger partial charge in [-0.05, 0) is 47.3 Å². The summed E-state index contributed by atoms with van der Waals surface area (Å²) in [6.45, 7) is 2.02. The maximum absolute atomic E-state index is 6.04. The summed E-state index contributed by atoms with van der Waals surface area (Å²) < 4.78 is 0.993. The number of hydrogen-bond acceptors (Lipinski definition) is 2. The average molecular weight is 255 g/mol. The zero-order chi connectivity index (χ0) is 10.4.